The number of ether oxygens (including phenoxy) is 4. The van der Waals surface area contributed by atoms with Crippen molar-refractivity contribution in [1.29, 1.82) is 0 Å². The number of nitrogens with zero attached hydrogens (tertiary/aromatic N) is 1. The summed E-state index contributed by atoms with van der Waals surface area (Å²) in [6.45, 7) is 12.2. The predicted octanol–water partition coefficient (Wildman–Crippen LogP) is 5.78. The standard InChI is InChI=1S/C31H55NO7/c1-10-29(34)38-27(21(2)3)19-28(36-8)22(4)15-16-26(39-31(35)25-13-11-12-14-25)24(6)30(37-9)23(5)17-18-32(7)20-33/h17-18,20-28,30H,10-16,19H2,1-9H3/b18-17+/t22-,23+,24-,26+,27-,28-,30+/m0/s1. The van der Waals surface area contributed by atoms with Gasteiger partial charge in [-0.25, -0.2) is 0 Å². The molecule has 1 fully saturated rings. The van der Waals surface area contributed by atoms with Crippen LogP contribution in [0.2, 0.25) is 0 Å². The molecule has 0 saturated heterocycles. The zero-order valence-corrected chi connectivity index (χ0v) is 25.9. The zero-order valence-electron chi connectivity index (χ0n) is 25.9. The normalized spacial score (nSPS) is 19.7. The lowest BCUT2D eigenvalue weighted by Crippen LogP contribution is -2.39. The second-order valence-corrected chi connectivity index (χ2v) is 11.7. The van der Waals surface area contributed by atoms with Crippen LogP contribution in [-0.2, 0) is 33.3 Å². The van der Waals surface area contributed by atoms with E-state index >= 15 is 0 Å². The molecule has 8 heteroatoms. The summed E-state index contributed by atoms with van der Waals surface area (Å²) >= 11 is 0. The molecule has 0 radical (unpaired) electrons. The Morgan fingerprint density at radius 1 is 0.923 bits per heavy atom. The lowest BCUT2D eigenvalue weighted by Gasteiger charge is -2.34. The van der Waals surface area contributed by atoms with Crippen LogP contribution in [0.5, 0.6) is 0 Å². The van der Waals surface area contributed by atoms with Crippen molar-refractivity contribution in [2.24, 2.45) is 29.6 Å². The minimum atomic E-state index is -0.318. The monoisotopic (exact) mass is 553 g/mol. The predicted molar refractivity (Wildman–Crippen MR) is 153 cm³/mol. The lowest BCUT2D eigenvalue weighted by atomic mass is 9.84. The minimum Gasteiger partial charge on any atom is -0.462 e. The summed E-state index contributed by atoms with van der Waals surface area (Å²) in [5.41, 5.74) is 0. The molecule has 0 aromatic heterocycles. The van der Waals surface area contributed by atoms with Gasteiger partial charge in [0.25, 0.3) is 0 Å². The summed E-state index contributed by atoms with van der Waals surface area (Å²) in [6, 6.07) is 0. The highest BCUT2D eigenvalue weighted by Gasteiger charge is 2.35. The Balaban J connectivity index is 3.02. The second kappa shape index (κ2) is 18.4. The van der Waals surface area contributed by atoms with E-state index < -0.39 is 0 Å². The van der Waals surface area contributed by atoms with E-state index in [1.165, 1.54) is 4.90 Å². The first-order valence-electron chi connectivity index (χ1n) is 14.8. The number of hydrogen-bond acceptors (Lipinski definition) is 7. The third-order valence-electron chi connectivity index (χ3n) is 8.27. The molecule has 0 aromatic carbocycles. The fraction of sp³-hybridized carbons (Fsp3) is 0.839. The van der Waals surface area contributed by atoms with Crippen LogP contribution in [0.1, 0.15) is 92.9 Å². The van der Waals surface area contributed by atoms with Gasteiger partial charge in [0, 0.05) is 52.1 Å². The lowest BCUT2D eigenvalue weighted by molar-refractivity contribution is -0.160. The van der Waals surface area contributed by atoms with Crippen LogP contribution in [0, 0.1) is 29.6 Å². The molecule has 1 rings (SSSR count). The zero-order chi connectivity index (χ0) is 29.5. The van der Waals surface area contributed by atoms with E-state index in [0.717, 1.165) is 38.5 Å². The Morgan fingerprint density at radius 3 is 2.08 bits per heavy atom. The van der Waals surface area contributed by atoms with Crippen LogP contribution in [-0.4, -0.2) is 68.9 Å². The van der Waals surface area contributed by atoms with Crippen molar-refractivity contribution in [3.8, 4) is 0 Å². The first-order valence-corrected chi connectivity index (χ1v) is 14.8. The van der Waals surface area contributed by atoms with Crippen molar-refractivity contribution in [3.05, 3.63) is 12.3 Å². The Hall–Kier alpha value is -1.93. The highest BCUT2D eigenvalue weighted by molar-refractivity contribution is 5.73. The van der Waals surface area contributed by atoms with Gasteiger partial charge in [-0.15, -0.1) is 0 Å². The molecule has 1 aliphatic rings. The number of hydrogen-bond donors (Lipinski definition) is 0. The molecular weight excluding hydrogens is 498 g/mol. The largest absolute Gasteiger partial charge is 0.462 e. The van der Waals surface area contributed by atoms with E-state index in [4.69, 9.17) is 18.9 Å². The maximum atomic E-state index is 13.1. The third-order valence-corrected chi connectivity index (χ3v) is 8.27. The molecule has 39 heavy (non-hydrogen) atoms. The number of esters is 2. The van der Waals surface area contributed by atoms with E-state index in [1.54, 1.807) is 34.4 Å². The fourth-order valence-corrected chi connectivity index (χ4v) is 5.48. The summed E-state index contributed by atoms with van der Waals surface area (Å²) in [6.07, 6.45) is 9.95. The number of methoxy groups -OCH3 is 2. The summed E-state index contributed by atoms with van der Waals surface area (Å²) in [5, 5.41) is 0. The van der Waals surface area contributed by atoms with Gasteiger partial charge >= 0.3 is 11.9 Å². The summed E-state index contributed by atoms with van der Waals surface area (Å²) < 4.78 is 23.7. The average molecular weight is 554 g/mol. The van der Waals surface area contributed by atoms with Crippen LogP contribution in [0.3, 0.4) is 0 Å². The highest BCUT2D eigenvalue weighted by atomic mass is 16.6. The van der Waals surface area contributed by atoms with E-state index in [0.29, 0.717) is 19.3 Å². The number of rotatable bonds is 19. The van der Waals surface area contributed by atoms with Crippen molar-refractivity contribution < 1.29 is 33.3 Å². The quantitative estimate of drug-likeness (QED) is 0.148. The Morgan fingerprint density at radius 2 is 1.56 bits per heavy atom. The van der Waals surface area contributed by atoms with Gasteiger partial charge in [-0.1, -0.05) is 60.5 Å². The molecule has 7 atom stereocenters. The van der Waals surface area contributed by atoms with E-state index in [-0.39, 0.29) is 65.9 Å². The van der Waals surface area contributed by atoms with Gasteiger partial charge in [-0.3, -0.25) is 14.4 Å². The van der Waals surface area contributed by atoms with E-state index in [1.807, 2.05) is 13.0 Å². The van der Waals surface area contributed by atoms with Gasteiger partial charge in [0.05, 0.1) is 18.1 Å². The van der Waals surface area contributed by atoms with Gasteiger partial charge in [-0.05, 0) is 37.5 Å². The van der Waals surface area contributed by atoms with Crippen molar-refractivity contribution in [2.45, 2.75) is 117 Å². The molecule has 0 bridgehead atoms. The highest BCUT2D eigenvalue weighted by Crippen LogP contribution is 2.32. The molecule has 0 aliphatic heterocycles. The Bertz CT molecular complexity index is 749. The molecule has 8 nitrogen and oxygen atoms in total. The Kier molecular flexibility index (Phi) is 16.6. The van der Waals surface area contributed by atoms with Gasteiger partial charge < -0.3 is 23.8 Å². The van der Waals surface area contributed by atoms with Crippen LogP contribution in [0.25, 0.3) is 0 Å². The summed E-state index contributed by atoms with van der Waals surface area (Å²) in [7, 11) is 5.07. The average Bonchev–Trinajstić information content (AvgIpc) is 3.46. The molecule has 0 heterocycles. The molecule has 0 spiro atoms. The number of amides is 1. The minimum absolute atomic E-state index is 0.00396. The van der Waals surface area contributed by atoms with Crippen LogP contribution >= 0.6 is 0 Å². The SMILES string of the molecule is CCC(=O)O[C@@H](C[C@H](OC)[C@@H](C)CC[C@@H](OC(=O)C1CCCC1)[C@H](C)[C@H](OC)[C@H](C)/C=C/N(C)C=O)C(C)C. The topological polar surface area (TPSA) is 91.4 Å². The molecule has 226 valence electrons. The van der Waals surface area contributed by atoms with Gasteiger partial charge in [0.15, 0.2) is 0 Å². The third kappa shape index (κ3) is 12.0. The number of carbonyl (C=O) groups is 3. The van der Waals surface area contributed by atoms with Crippen molar-refractivity contribution in [1.82, 2.24) is 4.90 Å². The smallest absolute Gasteiger partial charge is 0.309 e. The molecule has 0 aromatic rings. The molecule has 1 saturated carbocycles. The van der Waals surface area contributed by atoms with Crippen molar-refractivity contribution >= 4 is 18.3 Å². The van der Waals surface area contributed by atoms with Crippen molar-refractivity contribution in [2.75, 3.05) is 21.3 Å². The maximum absolute atomic E-state index is 13.1. The summed E-state index contributed by atoms with van der Waals surface area (Å²) in [5.74, 6) is -0.0458. The van der Waals surface area contributed by atoms with Crippen molar-refractivity contribution in [3.63, 3.8) is 0 Å². The fourth-order valence-electron chi connectivity index (χ4n) is 5.48. The van der Waals surface area contributed by atoms with Crippen LogP contribution < -0.4 is 0 Å². The van der Waals surface area contributed by atoms with E-state index in [2.05, 4.69) is 27.7 Å². The van der Waals surface area contributed by atoms with Crippen LogP contribution in [0.15, 0.2) is 12.3 Å². The number of carbonyl (C=O) groups excluding carboxylic acids is 3. The molecule has 1 amide bonds. The molecular formula is C31H55NO7. The molecule has 0 N–H and O–H groups in total. The first kappa shape index (κ1) is 35.1. The maximum Gasteiger partial charge on any atom is 0.309 e. The molecule has 0 unspecified atom stereocenters. The summed E-state index contributed by atoms with van der Waals surface area (Å²) in [4.78, 5) is 37.5. The molecule has 1 aliphatic carbocycles. The second-order valence-electron chi connectivity index (χ2n) is 11.7. The van der Waals surface area contributed by atoms with E-state index in [9.17, 15) is 14.4 Å². The Labute approximate surface area is 237 Å². The van der Waals surface area contributed by atoms with Gasteiger partial charge in [0.1, 0.15) is 12.2 Å². The van der Waals surface area contributed by atoms with Gasteiger partial charge in [0.2, 0.25) is 6.41 Å². The van der Waals surface area contributed by atoms with Crippen LogP contribution in [0.4, 0.5) is 0 Å². The first-order chi connectivity index (χ1) is 18.5. The van der Waals surface area contributed by atoms with Gasteiger partial charge in [-0.2, -0.15) is 0 Å².